The van der Waals surface area contributed by atoms with Gasteiger partial charge in [0.25, 0.3) is 0 Å². The van der Waals surface area contributed by atoms with Crippen LogP contribution in [0.2, 0.25) is 8.67 Å². The smallest absolute Gasteiger partial charge is 0.0990 e. The van der Waals surface area contributed by atoms with Crippen LogP contribution < -0.4 is 0 Å². The van der Waals surface area contributed by atoms with Crippen molar-refractivity contribution in [1.29, 1.82) is 0 Å². The summed E-state index contributed by atoms with van der Waals surface area (Å²) in [6, 6.07) is 8.34. The van der Waals surface area contributed by atoms with E-state index in [4.69, 9.17) is 23.2 Å². The molecule has 2 aromatic rings. The zero-order chi connectivity index (χ0) is 12.6. The number of aryl methyl sites for hydroxylation is 2. The van der Waals surface area contributed by atoms with Crippen LogP contribution in [0.25, 0.3) is 0 Å². The van der Waals surface area contributed by atoms with Gasteiger partial charge in [-0.1, -0.05) is 62.9 Å². The molecular weight excluding hydrogens is 339 g/mol. The molecule has 0 aliphatic carbocycles. The zero-order valence-corrected chi connectivity index (χ0v) is 13.3. The van der Waals surface area contributed by atoms with E-state index in [1.165, 1.54) is 28.0 Å². The third kappa shape index (κ3) is 2.87. The molecule has 17 heavy (non-hydrogen) atoms. The Kier molecular flexibility index (Phi) is 4.19. The number of thiophene rings is 1. The summed E-state index contributed by atoms with van der Waals surface area (Å²) in [5.74, 6) is 0. The van der Waals surface area contributed by atoms with E-state index in [0.717, 1.165) is 14.2 Å². The van der Waals surface area contributed by atoms with Crippen molar-refractivity contribution in [2.45, 2.75) is 18.7 Å². The first-order valence-electron chi connectivity index (χ1n) is 5.15. The number of rotatable bonds is 2. The van der Waals surface area contributed by atoms with Crippen molar-refractivity contribution < 1.29 is 0 Å². The molecule has 1 unspecified atom stereocenters. The van der Waals surface area contributed by atoms with Crippen LogP contribution in [0.5, 0.6) is 0 Å². The van der Waals surface area contributed by atoms with Crippen LogP contribution in [0.15, 0.2) is 24.3 Å². The lowest BCUT2D eigenvalue weighted by Crippen LogP contribution is -1.95. The molecule has 1 atom stereocenters. The number of hydrogen-bond donors (Lipinski definition) is 0. The normalized spacial score (nSPS) is 12.8. The van der Waals surface area contributed by atoms with Crippen LogP contribution in [-0.4, -0.2) is 0 Å². The summed E-state index contributed by atoms with van der Waals surface area (Å²) in [6.07, 6.45) is 0. The first kappa shape index (κ1) is 13.4. The third-order valence-electron chi connectivity index (χ3n) is 2.65. The fourth-order valence-electron chi connectivity index (χ4n) is 1.80. The SMILES string of the molecule is Cc1ccc(C(Br)c2cc(Cl)sc2Cl)c(C)c1. The summed E-state index contributed by atoms with van der Waals surface area (Å²) >= 11 is 17.3. The molecule has 4 heteroatoms. The minimum absolute atomic E-state index is 0.0966. The number of benzene rings is 1. The Morgan fingerprint density at radius 3 is 2.35 bits per heavy atom. The highest BCUT2D eigenvalue weighted by atomic mass is 79.9. The van der Waals surface area contributed by atoms with Gasteiger partial charge in [0.1, 0.15) is 0 Å². The van der Waals surface area contributed by atoms with Gasteiger partial charge in [-0.25, -0.2) is 0 Å². The molecule has 0 nitrogen and oxygen atoms in total. The first-order chi connectivity index (χ1) is 7.99. The lowest BCUT2D eigenvalue weighted by Gasteiger charge is -2.13. The molecule has 0 fully saturated rings. The highest BCUT2D eigenvalue weighted by molar-refractivity contribution is 9.09. The maximum atomic E-state index is 6.18. The maximum Gasteiger partial charge on any atom is 0.0990 e. The third-order valence-corrected chi connectivity index (χ3v) is 5.16. The highest BCUT2D eigenvalue weighted by Gasteiger charge is 2.18. The van der Waals surface area contributed by atoms with E-state index < -0.39 is 0 Å². The van der Waals surface area contributed by atoms with Crippen molar-refractivity contribution in [3.63, 3.8) is 0 Å². The van der Waals surface area contributed by atoms with Crippen LogP contribution in [0.4, 0.5) is 0 Å². The summed E-state index contributed by atoms with van der Waals surface area (Å²) in [4.78, 5) is 0.0966. The second kappa shape index (κ2) is 5.31. The van der Waals surface area contributed by atoms with Crippen LogP contribution in [0.1, 0.15) is 27.1 Å². The van der Waals surface area contributed by atoms with E-state index in [1.807, 2.05) is 6.07 Å². The van der Waals surface area contributed by atoms with Gasteiger partial charge < -0.3 is 0 Å². The summed E-state index contributed by atoms with van der Waals surface area (Å²) in [6.45, 7) is 4.20. The molecule has 0 saturated heterocycles. The van der Waals surface area contributed by atoms with E-state index >= 15 is 0 Å². The molecule has 0 radical (unpaired) electrons. The van der Waals surface area contributed by atoms with Gasteiger partial charge in [-0.2, -0.15) is 0 Å². The Labute approximate surface area is 124 Å². The maximum absolute atomic E-state index is 6.18. The molecule has 0 N–H and O–H groups in total. The van der Waals surface area contributed by atoms with Gasteiger partial charge >= 0.3 is 0 Å². The molecule has 90 valence electrons. The average Bonchev–Trinajstić information content (AvgIpc) is 2.57. The van der Waals surface area contributed by atoms with E-state index in [1.54, 1.807) is 0 Å². The van der Waals surface area contributed by atoms with E-state index in [9.17, 15) is 0 Å². The van der Waals surface area contributed by atoms with Crippen LogP contribution in [-0.2, 0) is 0 Å². The minimum Gasteiger partial charge on any atom is -0.111 e. The van der Waals surface area contributed by atoms with Gasteiger partial charge in [-0.3, -0.25) is 0 Å². The molecule has 0 amide bonds. The van der Waals surface area contributed by atoms with Crippen molar-refractivity contribution in [2.75, 3.05) is 0 Å². The monoisotopic (exact) mass is 348 g/mol. The Morgan fingerprint density at radius 2 is 1.82 bits per heavy atom. The fraction of sp³-hybridized carbons (Fsp3) is 0.231. The van der Waals surface area contributed by atoms with Crippen LogP contribution in [0.3, 0.4) is 0 Å². The molecule has 0 bridgehead atoms. The van der Waals surface area contributed by atoms with Crippen molar-refractivity contribution in [2.24, 2.45) is 0 Å². The van der Waals surface area contributed by atoms with Crippen LogP contribution in [0, 0.1) is 13.8 Å². The minimum atomic E-state index is 0.0966. The second-order valence-corrected chi connectivity index (χ2v) is 7.20. The van der Waals surface area contributed by atoms with Crippen molar-refractivity contribution in [3.05, 3.63) is 55.2 Å². The van der Waals surface area contributed by atoms with Crippen LogP contribution >= 0.6 is 50.5 Å². The largest absolute Gasteiger partial charge is 0.111 e. The average molecular weight is 350 g/mol. The standard InChI is InChI=1S/C13H11BrCl2S/c1-7-3-4-9(8(2)5-7)12(14)10-6-11(15)17-13(10)16/h3-6,12H,1-2H3. The molecule has 0 spiro atoms. The quantitative estimate of drug-likeness (QED) is 0.570. The van der Waals surface area contributed by atoms with E-state index in [0.29, 0.717) is 0 Å². The van der Waals surface area contributed by atoms with Crippen molar-refractivity contribution >= 4 is 50.5 Å². The Morgan fingerprint density at radius 1 is 1.12 bits per heavy atom. The van der Waals surface area contributed by atoms with Crippen molar-refractivity contribution in [1.82, 2.24) is 0 Å². The molecule has 0 saturated carbocycles. The predicted octanol–water partition coefficient (Wildman–Crippen LogP) is 6.16. The highest BCUT2D eigenvalue weighted by Crippen LogP contribution is 2.42. The molecule has 1 heterocycles. The molecule has 1 aromatic heterocycles. The zero-order valence-electron chi connectivity index (χ0n) is 9.43. The topological polar surface area (TPSA) is 0 Å². The Balaban J connectivity index is 2.43. The number of hydrogen-bond acceptors (Lipinski definition) is 1. The molecule has 2 rings (SSSR count). The van der Waals surface area contributed by atoms with Gasteiger partial charge in [0.2, 0.25) is 0 Å². The Bertz CT molecular complexity index is 548. The van der Waals surface area contributed by atoms with Gasteiger partial charge in [0, 0.05) is 5.56 Å². The molecular formula is C13H11BrCl2S. The van der Waals surface area contributed by atoms with Crippen molar-refractivity contribution in [3.8, 4) is 0 Å². The lowest BCUT2D eigenvalue weighted by molar-refractivity contribution is 1.15. The summed E-state index contributed by atoms with van der Waals surface area (Å²) < 4.78 is 1.47. The van der Waals surface area contributed by atoms with Gasteiger partial charge in [-0.15, -0.1) is 11.3 Å². The molecule has 0 aliphatic rings. The van der Waals surface area contributed by atoms with E-state index in [2.05, 4.69) is 48.0 Å². The summed E-state index contributed by atoms with van der Waals surface area (Å²) in [5, 5.41) is 0. The van der Waals surface area contributed by atoms with Gasteiger partial charge in [-0.05, 0) is 31.0 Å². The van der Waals surface area contributed by atoms with E-state index in [-0.39, 0.29) is 4.83 Å². The lowest BCUT2D eigenvalue weighted by atomic mass is 10.0. The van der Waals surface area contributed by atoms with Gasteiger partial charge in [0.05, 0.1) is 13.5 Å². The fourth-order valence-corrected chi connectivity index (χ4v) is 4.49. The summed E-state index contributed by atoms with van der Waals surface area (Å²) in [5.41, 5.74) is 4.78. The second-order valence-electron chi connectivity index (χ2n) is 4.00. The molecule has 1 aromatic carbocycles. The first-order valence-corrected chi connectivity index (χ1v) is 7.64. The summed E-state index contributed by atoms with van der Waals surface area (Å²) in [7, 11) is 0. The van der Waals surface area contributed by atoms with Gasteiger partial charge in [0.15, 0.2) is 0 Å². The Hall–Kier alpha value is -0.0200. The molecule has 0 aliphatic heterocycles. The number of halogens is 3. The number of alkyl halides is 1. The predicted molar refractivity (Wildman–Crippen MR) is 81.0 cm³/mol.